The third-order valence-electron chi connectivity index (χ3n) is 6.11. The van der Waals surface area contributed by atoms with E-state index in [0.717, 1.165) is 5.56 Å². The van der Waals surface area contributed by atoms with Crippen LogP contribution in [-0.2, 0) is 10.1 Å². The fraction of sp³-hybridized carbons (Fsp3) is 0.0667. The van der Waals surface area contributed by atoms with Gasteiger partial charge in [0.05, 0.1) is 0 Å². The van der Waals surface area contributed by atoms with E-state index in [-0.39, 0.29) is 23.1 Å². The molecule has 2 aromatic heterocycles. The van der Waals surface area contributed by atoms with E-state index >= 15 is 0 Å². The number of rotatable bonds is 8. The van der Waals surface area contributed by atoms with Gasteiger partial charge in [-0.3, -0.25) is 4.55 Å². The van der Waals surface area contributed by atoms with Gasteiger partial charge in [0.1, 0.15) is 27.9 Å². The van der Waals surface area contributed by atoms with Crippen LogP contribution in [0.4, 0.5) is 0 Å². The van der Waals surface area contributed by atoms with Crippen molar-refractivity contribution < 1.29 is 31.3 Å². The van der Waals surface area contributed by atoms with Crippen molar-refractivity contribution in [2.75, 3.05) is 0 Å². The normalized spacial score (nSPS) is 11.4. The second kappa shape index (κ2) is 10.9. The predicted octanol–water partition coefficient (Wildman–Crippen LogP) is 6.90. The number of ether oxygens (including phenoxy) is 2. The van der Waals surface area contributed by atoms with Crippen LogP contribution in [0.5, 0.6) is 23.0 Å². The average Bonchev–Trinajstić information content (AvgIpc) is 3.65. The lowest BCUT2D eigenvalue weighted by molar-refractivity contribution is 0.450. The van der Waals surface area contributed by atoms with Crippen LogP contribution in [0.25, 0.3) is 34.4 Å². The maximum atomic E-state index is 12.2. The van der Waals surface area contributed by atoms with Crippen molar-refractivity contribution in [2.24, 2.45) is 0 Å². The van der Waals surface area contributed by atoms with Crippen LogP contribution in [0.3, 0.4) is 0 Å². The molecule has 4 aromatic carbocycles. The summed E-state index contributed by atoms with van der Waals surface area (Å²) in [5.74, 6) is 2.62. The Morgan fingerprint density at radius 2 is 1.07 bits per heavy atom. The Morgan fingerprint density at radius 3 is 1.62 bits per heavy atom. The summed E-state index contributed by atoms with van der Waals surface area (Å²) < 4.78 is 57.3. The van der Waals surface area contributed by atoms with Gasteiger partial charge in [0, 0.05) is 23.6 Å². The van der Waals surface area contributed by atoms with Gasteiger partial charge < -0.3 is 18.3 Å². The number of benzene rings is 4. The number of nitrogens with zero attached hydrogens (tertiary/aromatic N) is 4. The average molecular weight is 583 g/mol. The lowest BCUT2D eigenvalue weighted by Crippen LogP contribution is -2.01. The first-order chi connectivity index (χ1) is 20.2. The highest BCUT2D eigenvalue weighted by Gasteiger charge is 2.21. The number of hydrogen-bond donors (Lipinski definition) is 1. The number of hydrogen-bond acceptors (Lipinski definition) is 10. The summed E-state index contributed by atoms with van der Waals surface area (Å²) in [5, 5.41) is 15.9. The summed E-state index contributed by atoms with van der Waals surface area (Å²) in [5.41, 5.74) is 2.71. The Morgan fingerprint density at radius 1 is 0.595 bits per heavy atom. The van der Waals surface area contributed by atoms with Gasteiger partial charge in [0.25, 0.3) is 10.1 Å². The molecule has 1 N–H and O–H groups in total. The van der Waals surface area contributed by atoms with Crippen LogP contribution >= 0.6 is 0 Å². The van der Waals surface area contributed by atoms with Gasteiger partial charge in [-0.15, -0.1) is 20.4 Å². The molecular formula is C30H22N4O7S. The molecule has 42 heavy (non-hydrogen) atoms. The van der Waals surface area contributed by atoms with Gasteiger partial charge in [-0.25, -0.2) is 0 Å². The van der Waals surface area contributed by atoms with Crippen molar-refractivity contribution in [1.82, 2.24) is 20.4 Å². The van der Waals surface area contributed by atoms with Crippen molar-refractivity contribution in [1.29, 1.82) is 0 Å². The zero-order valence-electron chi connectivity index (χ0n) is 22.3. The van der Waals surface area contributed by atoms with Crippen LogP contribution < -0.4 is 9.47 Å². The van der Waals surface area contributed by atoms with E-state index in [1.165, 1.54) is 12.1 Å². The summed E-state index contributed by atoms with van der Waals surface area (Å²) in [6.07, 6.45) is 0. The first kappa shape index (κ1) is 26.9. The van der Waals surface area contributed by atoms with Crippen LogP contribution in [0.1, 0.15) is 11.5 Å². The molecule has 0 bridgehead atoms. The number of aryl methyl sites for hydroxylation is 2. The Bertz CT molecular complexity index is 1970. The molecule has 0 radical (unpaired) electrons. The zero-order valence-corrected chi connectivity index (χ0v) is 23.1. The highest BCUT2D eigenvalue weighted by Crippen LogP contribution is 2.34. The standard InChI is InChI=1S/C30H22N4O7S/c1-18-3-10-23(11-4-18)39-24-12-5-21(6-13-24)29-33-34-30(41-29)22-9-16-26(27(17-22)42(35,36)37)40-25-14-7-20(8-15-25)28-32-31-19(2)38-28/h3-17H,1-2H3,(H,35,36,37). The Labute approximate surface area is 240 Å². The summed E-state index contributed by atoms with van der Waals surface area (Å²) in [6.45, 7) is 3.69. The van der Waals surface area contributed by atoms with Crippen molar-refractivity contribution in [3.63, 3.8) is 0 Å². The molecule has 0 saturated heterocycles. The first-order valence-electron chi connectivity index (χ1n) is 12.6. The molecule has 11 nitrogen and oxygen atoms in total. The fourth-order valence-corrected chi connectivity index (χ4v) is 4.64. The molecule has 0 aliphatic rings. The van der Waals surface area contributed by atoms with Crippen LogP contribution in [0, 0.1) is 13.8 Å². The molecule has 0 spiro atoms. The molecule has 6 aromatic rings. The summed E-state index contributed by atoms with van der Waals surface area (Å²) >= 11 is 0. The van der Waals surface area contributed by atoms with Gasteiger partial charge in [0.15, 0.2) is 0 Å². The topological polar surface area (TPSA) is 151 Å². The quantitative estimate of drug-likeness (QED) is 0.187. The van der Waals surface area contributed by atoms with Crippen molar-refractivity contribution in [3.05, 3.63) is 102 Å². The SMILES string of the molecule is Cc1ccc(Oc2ccc(-c3nnc(-c4ccc(Oc5ccc(-c6nnc(C)o6)cc5)c(S(=O)(=O)O)c4)o3)cc2)cc1. The zero-order chi connectivity index (χ0) is 29.3. The molecule has 0 saturated carbocycles. The van der Waals surface area contributed by atoms with E-state index in [0.29, 0.717) is 40.2 Å². The predicted molar refractivity (Wildman–Crippen MR) is 151 cm³/mol. The molecule has 0 unspecified atom stereocenters. The van der Waals surface area contributed by atoms with Gasteiger partial charge in [0.2, 0.25) is 23.6 Å². The Balaban J connectivity index is 1.21. The van der Waals surface area contributed by atoms with E-state index in [1.807, 2.05) is 31.2 Å². The van der Waals surface area contributed by atoms with Crippen LogP contribution in [-0.4, -0.2) is 33.4 Å². The van der Waals surface area contributed by atoms with Crippen LogP contribution in [0.15, 0.2) is 105 Å². The minimum Gasteiger partial charge on any atom is -0.457 e. The van der Waals surface area contributed by atoms with E-state index in [4.69, 9.17) is 18.3 Å². The first-order valence-corrected chi connectivity index (χ1v) is 14.0. The third kappa shape index (κ3) is 5.89. The molecule has 0 amide bonds. The molecule has 0 fully saturated rings. The highest BCUT2D eigenvalue weighted by atomic mass is 32.2. The van der Waals surface area contributed by atoms with Crippen molar-refractivity contribution >= 4 is 10.1 Å². The van der Waals surface area contributed by atoms with Gasteiger partial charge >= 0.3 is 0 Å². The monoisotopic (exact) mass is 582 g/mol. The lowest BCUT2D eigenvalue weighted by atomic mass is 10.2. The minimum absolute atomic E-state index is 0.0561. The molecule has 0 aliphatic carbocycles. The Hall–Kier alpha value is -5.33. The molecule has 12 heteroatoms. The highest BCUT2D eigenvalue weighted by molar-refractivity contribution is 7.86. The lowest BCUT2D eigenvalue weighted by Gasteiger charge is -2.10. The molecule has 210 valence electrons. The molecule has 0 aliphatic heterocycles. The molecule has 0 atom stereocenters. The Kier molecular flexibility index (Phi) is 6.98. The van der Waals surface area contributed by atoms with Crippen molar-refractivity contribution in [2.45, 2.75) is 18.7 Å². The maximum absolute atomic E-state index is 12.2. The molecule has 6 rings (SSSR count). The minimum atomic E-state index is -4.67. The van der Waals surface area contributed by atoms with Gasteiger partial charge in [-0.05, 0) is 85.8 Å². The van der Waals surface area contributed by atoms with E-state index in [9.17, 15) is 13.0 Å². The summed E-state index contributed by atoms with van der Waals surface area (Å²) in [6, 6.07) is 25.5. The van der Waals surface area contributed by atoms with E-state index in [2.05, 4.69) is 20.4 Å². The third-order valence-corrected chi connectivity index (χ3v) is 6.98. The summed E-state index contributed by atoms with van der Waals surface area (Å²) in [4.78, 5) is -0.464. The largest absolute Gasteiger partial charge is 0.457 e. The fourth-order valence-electron chi connectivity index (χ4n) is 4.00. The van der Waals surface area contributed by atoms with E-state index in [1.54, 1.807) is 61.5 Å². The van der Waals surface area contributed by atoms with E-state index < -0.39 is 15.0 Å². The smallest absolute Gasteiger partial charge is 0.298 e. The second-order valence-electron chi connectivity index (χ2n) is 9.24. The maximum Gasteiger partial charge on any atom is 0.298 e. The van der Waals surface area contributed by atoms with Crippen LogP contribution in [0.2, 0.25) is 0 Å². The summed E-state index contributed by atoms with van der Waals surface area (Å²) in [7, 11) is -4.67. The second-order valence-corrected chi connectivity index (χ2v) is 10.6. The van der Waals surface area contributed by atoms with Gasteiger partial charge in [-0.1, -0.05) is 17.7 Å². The molecule has 2 heterocycles. The molecular weight excluding hydrogens is 560 g/mol. The van der Waals surface area contributed by atoms with Gasteiger partial charge in [-0.2, -0.15) is 8.42 Å². The number of aromatic nitrogens is 4. The van der Waals surface area contributed by atoms with Crippen molar-refractivity contribution in [3.8, 4) is 57.4 Å².